The second-order valence-corrected chi connectivity index (χ2v) is 4.67. The first-order valence-corrected chi connectivity index (χ1v) is 6.07. The fraction of sp³-hybridized carbons (Fsp3) is 0.600. The van der Waals surface area contributed by atoms with Gasteiger partial charge in [0.05, 0.1) is 18.5 Å². The van der Waals surface area contributed by atoms with E-state index in [0.29, 0.717) is 6.61 Å². The Balaban J connectivity index is 1.97. The molecule has 1 unspecified atom stereocenters. The van der Waals surface area contributed by atoms with Gasteiger partial charge in [0, 0.05) is 30.7 Å². The monoisotopic (exact) mass is 227 g/mol. The van der Waals surface area contributed by atoms with Crippen molar-refractivity contribution in [1.82, 2.24) is 15.7 Å². The van der Waals surface area contributed by atoms with E-state index >= 15 is 0 Å². The topological polar surface area (TPSA) is 36.5 Å². The highest BCUT2D eigenvalue weighted by Crippen LogP contribution is 2.34. The highest BCUT2D eigenvalue weighted by atomic mass is 32.2. The molecule has 4 nitrogen and oxygen atoms in total. The van der Waals surface area contributed by atoms with E-state index in [0.717, 1.165) is 19.0 Å². The molecule has 0 aromatic heterocycles. The van der Waals surface area contributed by atoms with Crippen molar-refractivity contribution in [2.24, 2.45) is 0 Å². The quantitative estimate of drug-likeness (QED) is 0.416. The summed E-state index contributed by atoms with van der Waals surface area (Å²) in [4.78, 5) is 8.99. The molecule has 0 aliphatic carbocycles. The molecule has 2 aliphatic heterocycles. The number of hydroxylamine groups is 1. The van der Waals surface area contributed by atoms with Crippen LogP contribution in [0.3, 0.4) is 0 Å². The molecule has 0 aromatic carbocycles. The number of hydrogen-bond donors (Lipinski definition) is 2. The zero-order valence-electron chi connectivity index (χ0n) is 8.95. The van der Waals surface area contributed by atoms with Gasteiger partial charge in [0.25, 0.3) is 0 Å². The Morgan fingerprint density at radius 1 is 1.80 bits per heavy atom. The Hall–Kier alpha value is -0.490. The van der Waals surface area contributed by atoms with Crippen LogP contribution in [0.4, 0.5) is 0 Å². The maximum Gasteiger partial charge on any atom is 0.0861 e. The third kappa shape index (κ3) is 2.36. The van der Waals surface area contributed by atoms with Crippen molar-refractivity contribution >= 4 is 11.8 Å². The number of rotatable bonds is 4. The molecule has 84 valence electrons. The Morgan fingerprint density at radius 2 is 2.67 bits per heavy atom. The Labute approximate surface area is 94.7 Å². The van der Waals surface area contributed by atoms with Crippen LogP contribution in [-0.2, 0) is 4.84 Å². The number of thioether (sulfide) groups is 1. The lowest BCUT2D eigenvalue weighted by Crippen LogP contribution is -2.44. The van der Waals surface area contributed by atoms with Gasteiger partial charge in [-0.25, -0.2) is 0 Å². The van der Waals surface area contributed by atoms with Crippen LogP contribution in [0, 0.1) is 0 Å². The molecule has 0 saturated carbocycles. The molecule has 0 bridgehead atoms. The maximum atomic E-state index is 5.29. The van der Waals surface area contributed by atoms with Crippen molar-refractivity contribution in [3.05, 3.63) is 23.3 Å². The Kier molecular flexibility index (Phi) is 3.69. The number of nitrogens with zero attached hydrogens (tertiary/aromatic N) is 1. The van der Waals surface area contributed by atoms with Crippen LogP contribution < -0.4 is 10.8 Å². The summed E-state index contributed by atoms with van der Waals surface area (Å²) < 4.78 is 0. The Bertz CT molecular complexity index is 280. The lowest BCUT2D eigenvalue weighted by molar-refractivity contribution is 0.0440. The molecule has 15 heavy (non-hydrogen) atoms. The molecule has 0 spiro atoms. The summed E-state index contributed by atoms with van der Waals surface area (Å²) in [7, 11) is 2.13. The van der Waals surface area contributed by atoms with Gasteiger partial charge in [-0.05, 0) is 0 Å². The van der Waals surface area contributed by atoms with Crippen LogP contribution in [0.15, 0.2) is 23.3 Å². The lowest BCUT2D eigenvalue weighted by Gasteiger charge is -2.26. The summed E-state index contributed by atoms with van der Waals surface area (Å²) in [5.74, 6) is 1.05. The summed E-state index contributed by atoms with van der Waals surface area (Å²) in [5, 5.41) is 3.38. The largest absolute Gasteiger partial charge is 0.367 e. The predicted octanol–water partition coefficient (Wildman–Crippen LogP) is 0.513. The highest BCUT2D eigenvalue weighted by molar-refractivity contribution is 8.03. The predicted molar refractivity (Wildman–Crippen MR) is 63.2 cm³/mol. The minimum atomic E-state index is 0.281. The number of likely N-dealkylation sites (N-methyl/N-ethyl adjacent to an activating group) is 1. The van der Waals surface area contributed by atoms with Gasteiger partial charge in [0.1, 0.15) is 0 Å². The fourth-order valence-electron chi connectivity index (χ4n) is 1.77. The molecule has 2 aliphatic rings. The average Bonchev–Trinajstić information content (AvgIpc) is 2.62. The molecule has 0 aromatic rings. The van der Waals surface area contributed by atoms with Crippen LogP contribution in [0.2, 0.25) is 0 Å². The molecule has 5 heteroatoms. The van der Waals surface area contributed by atoms with Crippen molar-refractivity contribution in [2.75, 3.05) is 32.6 Å². The van der Waals surface area contributed by atoms with Gasteiger partial charge in [-0.2, -0.15) is 5.48 Å². The molecular formula is C10H17N3OS. The summed E-state index contributed by atoms with van der Waals surface area (Å²) in [6.45, 7) is 6.06. The van der Waals surface area contributed by atoms with E-state index in [-0.39, 0.29) is 6.04 Å². The van der Waals surface area contributed by atoms with Gasteiger partial charge < -0.3 is 10.2 Å². The van der Waals surface area contributed by atoms with Crippen molar-refractivity contribution in [3.8, 4) is 0 Å². The van der Waals surface area contributed by atoms with Crippen LogP contribution in [0.5, 0.6) is 0 Å². The van der Waals surface area contributed by atoms with Crippen molar-refractivity contribution in [1.29, 1.82) is 0 Å². The van der Waals surface area contributed by atoms with Gasteiger partial charge in [-0.3, -0.25) is 4.84 Å². The smallest absolute Gasteiger partial charge is 0.0861 e. The van der Waals surface area contributed by atoms with Gasteiger partial charge in [0.15, 0.2) is 0 Å². The van der Waals surface area contributed by atoms with Crippen LogP contribution >= 0.6 is 11.8 Å². The molecule has 0 saturated heterocycles. The van der Waals surface area contributed by atoms with Crippen LogP contribution in [-0.4, -0.2) is 43.6 Å². The van der Waals surface area contributed by atoms with Gasteiger partial charge in [0.2, 0.25) is 0 Å². The van der Waals surface area contributed by atoms with Gasteiger partial charge >= 0.3 is 0 Å². The summed E-state index contributed by atoms with van der Waals surface area (Å²) in [6.07, 6.45) is 1.74. The zero-order valence-corrected chi connectivity index (χ0v) is 9.77. The fourth-order valence-corrected chi connectivity index (χ4v) is 2.99. The molecule has 2 rings (SSSR count). The van der Waals surface area contributed by atoms with E-state index in [1.165, 1.54) is 10.6 Å². The van der Waals surface area contributed by atoms with Crippen LogP contribution in [0.1, 0.15) is 0 Å². The minimum Gasteiger partial charge on any atom is -0.367 e. The Morgan fingerprint density at radius 3 is 3.47 bits per heavy atom. The molecule has 2 N–H and O–H groups in total. The van der Waals surface area contributed by atoms with Gasteiger partial charge in [-0.1, -0.05) is 6.08 Å². The standard InChI is InChI=1S/C10H17N3OS/c1-3-4-14-12-8-5-11-6-9-10(8)15-7-13(9)2/h3,8,11-12H,1,4-7H2,2H3. The molecule has 1 atom stereocenters. The van der Waals surface area contributed by atoms with E-state index in [1.807, 2.05) is 11.8 Å². The first kappa shape index (κ1) is 11.0. The highest BCUT2D eigenvalue weighted by Gasteiger charge is 2.29. The average molecular weight is 227 g/mol. The molecule has 0 fully saturated rings. The molecular weight excluding hydrogens is 210 g/mol. The summed E-state index contributed by atoms with van der Waals surface area (Å²) in [6, 6.07) is 0.281. The van der Waals surface area contributed by atoms with E-state index in [2.05, 4.69) is 29.3 Å². The molecule has 0 amide bonds. The lowest BCUT2D eigenvalue weighted by atomic mass is 10.1. The van der Waals surface area contributed by atoms with Crippen molar-refractivity contribution in [3.63, 3.8) is 0 Å². The molecule has 0 radical (unpaired) electrons. The first-order valence-electron chi connectivity index (χ1n) is 5.09. The third-order valence-corrected chi connectivity index (χ3v) is 3.89. The maximum absolute atomic E-state index is 5.29. The second-order valence-electron chi connectivity index (χ2n) is 3.68. The summed E-state index contributed by atoms with van der Waals surface area (Å²) in [5.41, 5.74) is 4.47. The minimum absolute atomic E-state index is 0.281. The third-order valence-electron chi connectivity index (χ3n) is 2.54. The second kappa shape index (κ2) is 5.03. The van der Waals surface area contributed by atoms with Crippen molar-refractivity contribution in [2.45, 2.75) is 6.04 Å². The van der Waals surface area contributed by atoms with E-state index < -0.39 is 0 Å². The first-order chi connectivity index (χ1) is 7.33. The SMILES string of the molecule is C=CCONC1CNCC2=C1SCN2C. The normalized spacial score (nSPS) is 25.7. The van der Waals surface area contributed by atoms with Crippen LogP contribution in [0.25, 0.3) is 0 Å². The van der Waals surface area contributed by atoms with Gasteiger partial charge in [-0.15, -0.1) is 18.3 Å². The summed E-state index contributed by atoms with van der Waals surface area (Å²) >= 11 is 1.90. The molecule has 2 heterocycles. The van der Waals surface area contributed by atoms with E-state index in [9.17, 15) is 0 Å². The van der Waals surface area contributed by atoms with E-state index in [4.69, 9.17) is 4.84 Å². The van der Waals surface area contributed by atoms with E-state index in [1.54, 1.807) is 6.08 Å². The number of nitrogens with one attached hydrogen (secondary N) is 2. The number of hydrogen-bond acceptors (Lipinski definition) is 5. The zero-order chi connectivity index (χ0) is 10.7. The van der Waals surface area contributed by atoms with Crippen molar-refractivity contribution < 1.29 is 4.84 Å².